The number of thioether (sulfide) groups is 1. The van der Waals surface area contributed by atoms with E-state index in [0.717, 1.165) is 21.2 Å². The maximum atomic E-state index is 8.70. The third kappa shape index (κ3) is 3.79. The molecule has 0 saturated carbocycles. The van der Waals surface area contributed by atoms with Crippen molar-refractivity contribution in [2.75, 3.05) is 6.61 Å². The summed E-state index contributed by atoms with van der Waals surface area (Å²) < 4.78 is 0. The Labute approximate surface area is 120 Å². The number of halogens is 1. The molecule has 18 heavy (non-hydrogen) atoms. The van der Waals surface area contributed by atoms with E-state index in [9.17, 15) is 0 Å². The van der Waals surface area contributed by atoms with Crippen LogP contribution >= 0.6 is 34.7 Å². The Hall–Kier alpha value is -0.920. The molecule has 0 atom stereocenters. The first-order valence-corrected chi connectivity index (χ1v) is 7.58. The second-order valence-electron chi connectivity index (χ2n) is 3.46. The number of aliphatic hydroxyl groups is 1. The van der Waals surface area contributed by atoms with Gasteiger partial charge in [-0.2, -0.15) is 0 Å². The number of hydrogen-bond donors (Lipinski definition) is 1. The molecule has 0 saturated heterocycles. The Morgan fingerprint density at radius 2 is 2.22 bits per heavy atom. The van der Waals surface area contributed by atoms with Gasteiger partial charge in [-0.1, -0.05) is 29.5 Å². The summed E-state index contributed by atoms with van der Waals surface area (Å²) in [6, 6.07) is 9.81. The van der Waals surface area contributed by atoms with Crippen molar-refractivity contribution in [3.63, 3.8) is 0 Å². The number of hydrogen-bond acceptors (Lipinski definition) is 3. The van der Waals surface area contributed by atoms with E-state index >= 15 is 0 Å². The summed E-state index contributed by atoms with van der Waals surface area (Å²) in [6.45, 7) is -0.100. The minimum atomic E-state index is -0.100. The second kappa shape index (κ2) is 6.86. The summed E-state index contributed by atoms with van der Waals surface area (Å²) in [4.78, 5) is 2.37. The highest BCUT2D eigenvalue weighted by Crippen LogP contribution is 2.28. The van der Waals surface area contributed by atoms with Gasteiger partial charge in [0.25, 0.3) is 0 Å². The quantitative estimate of drug-likeness (QED) is 0.681. The lowest BCUT2D eigenvalue weighted by atomic mass is 10.3. The average Bonchev–Trinajstić information content (AvgIpc) is 2.81. The molecule has 4 heteroatoms. The van der Waals surface area contributed by atoms with E-state index in [-0.39, 0.29) is 6.61 Å². The van der Waals surface area contributed by atoms with Gasteiger partial charge in [-0.15, -0.1) is 23.1 Å². The van der Waals surface area contributed by atoms with E-state index in [0.29, 0.717) is 0 Å². The number of aliphatic hydroxyl groups excluding tert-OH is 1. The van der Waals surface area contributed by atoms with Crippen molar-refractivity contribution < 1.29 is 5.11 Å². The predicted molar refractivity (Wildman–Crippen MR) is 79.3 cm³/mol. The fraction of sp³-hybridized carbons (Fsp3) is 0.143. The summed E-state index contributed by atoms with van der Waals surface area (Å²) in [6.07, 6.45) is 0. The second-order valence-corrected chi connectivity index (χ2v) is 5.95. The van der Waals surface area contributed by atoms with Crippen LogP contribution in [0.5, 0.6) is 0 Å². The highest BCUT2D eigenvalue weighted by atomic mass is 35.5. The van der Waals surface area contributed by atoms with Crippen molar-refractivity contribution in [1.29, 1.82) is 0 Å². The summed E-state index contributed by atoms with van der Waals surface area (Å²) >= 11 is 9.37. The summed E-state index contributed by atoms with van der Waals surface area (Å²) in [7, 11) is 0. The molecule has 0 spiro atoms. The van der Waals surface area contributed by atoms with Gasteiger partial charge in [-0.3, -0.25) is 0 Å². The molecule has 1 N–H and O–H groups in total. The van der Waals surface area contributed by atoms with Crippen LogP contribution in [0, 0.1) is 11.8 Å². The number of rotatable bonds is 3. The van der Waals surface area contributed by atoms with Gasteiger partial charge in [-0.05, 0) is 29.6 Å². The smallest absolute Gasteiger partial charge is 0.104 e. The SMILES string of the molecule is OCC#Cc1ccsc1CSc1cccc(Cl)c1. The van der Waals surface area contributed by atoms with Crippen LogP contribution in [0.4, 0.5) is 0 Å². The molecule has 1 aromatic carbocycles. The third-order valence-corrected chi connectivity index (χ3v) is 4.57. The van der Waals surface area contributed by atoms with Gasteiger partial charge in [0.15, 0.2) is 0 Å². The molecule has 0 fully saturated rings. The molecular weight excluding hydrogens is 284 g/mol. The third-order valence-electron chi connectivity index (χ3n) is 2.21. The van der Waals surface area contributed by atoms with Gasteiger partial charge in [0.05, 0.1) is 0 Å². The van der Waals surface area contributed by atoms with Crippen LogP contribution in [0.25, 0.3) is 0 Å². The van der Waals surface area contributed by atoms with E-state index in [4.69, 9.17) is 16.7 Å². The van der Waals surface area contributed by atoms with Crippen LogP contribution in [0.2, 0.25) is 5.02 Å². The molecule has 0 unspecified atom stereocenters. The molecular formula is C14H11ClOS2. The molecule has 0 aliphatic heterocycles. The molecule has 0 aliphatic carbocycles. The van der Waals surface area contributed by atoms with Crippen LogP contribution < -0.4 is 0 Å². The fourth-order valence-corrected chi connectivity index (χ4v) is 3.56. The maximum absolute atomic E-state index is 8.70. The van der Waals surface area contributed by atoms with Crippen molar-refractivity contribution in [3.8, 4) is 11.8 Å². The van der Waals surface area contributed by atoms with Crippen molar-refractivity contribution in [1.82, 2.24) is 0 Å². The minimum Gasteiger partial charge on any atom is -0.384 e. The Morgan fingerprint density at radius 1 is 1.33 bits per heavy atom. The Bertz CT molecular complexity index is 581. The lowest BCUT2D eigenvalue weighted by molar-refractivity contribution is 0.350. The zero-order valence-electron chi connectivity index (χ0n) is 9.52. The molecule has 1 nitrogen and oxygen atoms in total. The van der Waals surface area contributed by atoms with Crippen LogP contribution in [-0.4, -0.2) is 11.7 Å². The number of thiophene rings is 1. The first kappa shape index (κ1) is 13.5. The standard InChI is InChI=1S/C14H11ClOS2/c15-12-4-1-5-13(9-12)18-10-14-11(3-2-7-16)6-8-17-14/h1,4-6,8-9,16H,7,10H2. The molecule has 0 amide bonds. The monoisotopic (exact) mass is 294 g/mol. The van der Waals surface area contributed by atoms with Gasteiger partial charge < -0.3 is 5.11 Å². The summed E-state index contributed by atoms with van der Waals surface area (Å²) in [5, 5.41) is 11.5. The average molecular weight is 295 g/mol. The summed E-state index contributed by atoms with van der Waals surface area (Å²) in [5.74, 6) is 6.51. The normalized spacial score (nSPS) is 9.89. The molecule has 0 bridgehead atoms. The first-order chi connectivity index (χ1) is 8.79. The molecule has 2 aromatic rings. The topological polar surface area (TPSA) is 20.2 Å². The van der Waals surface area contributed by atoms with Crippen molar-refractivity contribution >= 4 is 34.7 Å². The van der Waals surface area contributed by atoms with E-state index in [2.05, 4.69) is 11.8 Å². The summed E-state index contributed by atoms with van der Waals surface area (Å²) in [5.41, 5.74) is 1.00. The lowest BCUT2D eigenvalue weighted by Gasteiger charge is -2.01. The molecule has 0 radical (unpaired) electrons. The zero-order chi connectivity index (χ0) is 12.8. The minimum absolute atomic E-state index is 0.100. The van der Waals surface area contributed by atoms with Gasteiger partial charge in [-0.25, -0.2) is 0 Å². The first-order valence-electron chi connectivity index (χ1n) is 5.34. The zero-order valence-corrected chi connectivity index (χ0v) is 11.9. The Morgan fingerprint density at radius 3 is 3.00 bits per heavy atom. The fourth-order valence-electron chi connectivity index (χ4n) is 1.40. The van der Waals surface area contributed by atoms with E-state index < -0.39 is 0 Å². The van der Waals surface area contributed by atoms with Crippen molar-refractivity contribution in [2.45, 2.75) is 10.6 Å². The van der Waals surface area contributed by atoms with E-state index in [1.165, 1.54) is 4.88 Å². The maximum Gasteiger partial charge on any atom is 0.104 e. The predicted octanol–water partition coefficient (Wildman–Crippen LogP) is 4.04. The molecule has 92 valence electrons. The van der Waals surface area contributed by atoms with Crippen molar-refractivity contribution in [2.24, 2.45) is 0 Å². The van der Waals surface area contributed by atoms with E-state index in [1.807, 2.05) is 35.7 Å². The van der Waals surface area contributed by atoms with Crippen LogP contribution in [0.1, 0.15) is 10.4 Å². The van der Waals surface area contributed by atoms with Crippen LogP contribution in [-0.2, 0) is 5.75 Å². The highest BCUT2D eigenvalue weighted by Gasteiger charge is 2.03. The Balaban J connectivity index is 2.04. The van der Waals surface area contributed by atoms with Crippen LogP contribution in [0.3, 0.4) is 0 Å². The van der Waals surface area contributed by atoms with Crippen LogP contribution in [0.15, 0.2) is 40.6 Å². The Kier molecular flexibility index (Phi) is 5.15. The highest BCUT2D eigenvalue weighted by molar-refractivity contribution is 7.98. The van der Waals surface area contributed by atoms with E-state index in [1.54, 1.807) is 23.1 Å². The molecule has 2 rings (SSSR count). The largest absolute Gasteiger partial charge is 0.384 e. The lowest BCUT2D eigenvalue weighted by Crippen LogP contribution is -1.81. The van der Waals surface area contributed by atoms with Gasteiger partial charge in [0.2, 0.25) is 0 Å². The molecule has 1 heterocycles. The van der Waals surface area contributed by atoms with Gasteiger partial charge in [0, 0.05) is 26.1 Å². The number of benzene rings is 1. The van der Waals surface area contributed by atoms with Gasteiger partial charge in [0.1, 0.15) is 6.61 Å². The van der Waals surface area contributed by atoms with Gasteiger partial charge >= 0.3 is 0 Å². The molecule has 1 aromatic heterocycles. The van der Waals surface area contributed by atoms with Crippen molar-refractivity contribution in [3.05, 3.63) is 51.2 Å². The molecule has 0 aliphatic rings.